The topological polar surface area (TPSA) is 138 Å². The van der Waals surface area contributed by atoms with Gasteiger partial charge < -0.3 is 4.74 Å². The predicted octanol–water partition coefficient (Wildman–Crippen LogP) is 2.93. The number of aryl methyl sites for hydroxylation is 1. The Kier molecular flexibility index (Phi) is 6.22. The molecular formula is C23H23N7O3S. The van der Waals surface area contributed by atoms with Gasteiger partial charge in [-0.25, -0.2) is 23.2 Å². The molecule has 34 heavy (non-hydrogen) atoms. The highest BCUT2D eigenvalue weighted by Crippen LogP contribution is 2.22. The van der Waals surface area contributed by atoms with Crippen LogP contribution in [0.2, 0.25) is 0 Å². The van der Waals surface area contributed by atoms with Crippen LogP contribution in [0.25, 0.3) is 16.6 Å². The number of aromatic nitrogens is 4. The minimum Gasteiger partial charge on any atom is -0.481 e. The smallest absolute Gasteiger partial charge is 0.238 e. The first-order chi connectivity index (χ1) is 16.2. The maximum Gasteiger partial charge on any atom is 0.238 e. The zero-order valence-electron chi connectivity index (χ0n) is 19.1. The molecule has 0 saturated carbocycles. The second-order valence-electron chi connectivity index (χ2n) is 7.69. The van der Waals surface area contributed by atoms with Gasteiger partial charge in [0.15, 0.2) is 0 Å². The van der Waals surface area contributed by atoms with E-state index < -0.39 is 10.0 Å². The first-order valence-electron chi connectivity index (χ1n) is 10.3. The molecule has 2 aromatic heterocycles. The second kappa shape index (κ2) is 9.12. The van der Waals surface area contributed by atoms with Crippen LogP contribution in [0.3, 0.4) is 0 Å². The standard InChI is InChI=1S/C23H23N7O3S/c1-14-5-10-21-17(11-14)12-18(23(26-21)33-4)13-25-27-15(2)22-16(3)30(29-28-22)19-6-8-20(9-7-19)34(24,31)32/h5-13H,1-4H3,(H2,24,31,32)/b25-13+,27-15+. The normalized spacial score (nSPS) is 12.6. The molecule has 0 saturated heterocycles. The molecule has 0 aliphatic heterocycles. The van der Waals surface area contributed by atoms with Crippen molar-refractivity contribution in [3.8, 4) is 11.6 Å². The Morgan fingerprint density at radius 3 is 2.53 bits per heavy atom. The highest BCUT2D eigenvalue weighted by atomic mass is 32.2. The minimum atomic E-state index is -3.77. The summed E-state index contributed by atoms with van der Waals surface area (Å²) in [4.78, 5) is 4.55. The lowest BCUT2D eigenvalue weighted by atomic mass is 10.1. The quantitative estimate of drug-likeness (QED) is 0.335. The summed E-state index contributed by atoms with van der Waals surface area (Å²) in [6.07, 6.45) is 1.59. The third-order valence-corrected chi connectivity index (χ3v) is 6.14. The summed E-state index contributed by atoms with van der Waals surface area (Å²) in [7, 11) is -2.21. The van der Waals surface area contributed by atoms with Crippen LogP contribution < -0.4 is 9.88 Å². The molecule has 0 fully saturated rings. The zero-order valence-corrected chi connectivity index (χ0v) is 19.9. The number of pyridine rings is 1. The number of sulfonamides is 1. The molecule has 11 heteroatoms. The monoisotopic (exact) mass is 477 g/mol. The number of nitrogens with two attached hydrogens (primary N) is 1. The Balaban J connectivity index is 1.61. The van der Waals surface area contributed by atoms with Gasteiger partial charge in [0.05, 0.1) is 46.4 Å². The van der Waals surface area contributed by atoms with Crippen molar-refractivity contribution in [2.75, 3.05) is 7.11 Å². The summed E-state index contributed by atoms with van der Waals surface area (Å²) < 4.78 is 29.9. The maximum absolute atomic E-state index is 11.5. The average Bonchev–Trinajstić information content (AvgIpc) is 3.19. The van der Waals surface area contributed by atoms with Crippen LogP contribution >= 0.6 is 0 Å². The number of fused-ring (bicyclic) bond motifs is 1. The number of hydrogen-bond donors (Lipinski definition) is 1. The van der Waals surface area contributed by atoms with Crippen LogP contribution in [-0.4, -0.2) is 47.4 Å². The highest BCUT2D eigenvalue weighted by Gasteiger charge is 2.14. The molecule has 174 valence electrons. The van der Waals surface area contributed by atoms with Gasteiger partial charge in [0.1, 0.15) is 5.69 Å². The summed E-state index contributed by atoms with van der Waals surface area (Å²) in [5.74, 6) is 0.457. The fraction of sp³-hybridized carbons (Fsp3) is 0.174. The van der Waals surface area contributed by atoms with E-state index in [1.807, 2.05) is 38.1 Å². The van der Waals surface area contributed by atoms with Gasteiger partial charge in [0, 0.05) is 5.39 Å². The molecule has 4 aromatic rings. The van der Waals surface area contributed by atoms with E-state index in [0.29, 0.717) is 28.5 Å². The van der Waals surface area contributed by atoms with Crippen molar-refractivity contribution in [2.24, 2.45) is 15.3 Å². The lowest BCUT2D eigenvalue weighted by Gasteiger charge is -2.06. The number of rotatable bonds is 6. The van der Waals surface area contributed by atoms with Gasteiger partial charge in [-0.3, -0.25) is 0 Å². The lowest BCUT2D eigenvalue weighted by molar-refractivity contribution is 0.399. The number of primary sulfonamides is 1. The van der Waals surface area contributed by atoms with E-state index in [2.05, 4.69) is 25.5 Å². The van der Waals surface area contributed by atoms with Crippen molar-refractivity contribution < 1.29 is 13.2 Å². The lowest BCUT2D eigenvalue weighted by Crippen LogP contribution is -2.12. The van der Waals surface area contributed by atoms with Crippen LogP contribution in [0.5, 0.6) is 5.88 Å². The molecule has 0 spiro atoms. The zero-order chi connectivity index (χ0) is 24.5. The van der Waals surface area contributed by atoms with E-state index in [-0.39, 0.29) is 4.90 Å². The van der Waals surface area contributed by atoms with E-state index in [4.69, 9.17) is 9.88 Å². The molecule has 2 N–H and O–H groups in total. The molecule has 0 unspecified atom stereocenters. The van der Waals surface area contributed by atoms with Crippen LogP contribution in [0.15, 0.2) is 63.6 Å². The summed E-state index contributed by atoms with van der Waals surface area (Å²) in [5.41, 5.74) is 5.16. The number of hydrogen-bond acceptors (Lipinski definition) is 8. The van der Waals surface area contributed by atoms with Crippen molar-refractivity contribution in [1.29, 1.82) is 0 Å². The van der Waals surface area contributed by atoms with Gasteiger partial charge >= 0.3 is 0 Å². The molecule has 0 amide bonds. The number of ether oxygens (including phenoxy) is 1. The first-order valence-corrected chi connectivity index (χ1v) is 11.8. The number of nitrogens with zero attached hydrogens (tertiary/aromatic N) is 6. The Bertz CT molecular complexity index is 1540. The Morgan fingerprint density at radius 1 is 1.12 bits per heavy atom. The van der Waals surface area contributed by atoms with Gasteiger partial charge in [0.25, 0.3) is 0 Å². The van der Waals surface area contributed by atoms with Crippen molar-refractivity contribution in [3.05, 3.63) is 71.0 Å². The van der Waals surface area contributed by atoms with Crippen molar-refractivity contribution in [1.82, 2.24) is 20.0 Å². The fourth-order valence-corrected chi connectivity index (χ4v) is 3.98. The molecule has 0 radical (unpaired) electrons. The molecule has 4 rings (SSSR count). The van der Waals surface area contributed by atoms with E-state index in [0.717, 1.165) is 22.2 Å². The van der Waals surface area contributed by atoms with Gasteiger partial charge in [-0.15, -0.1) is 5.10 Å². The van der Waals surface area contributed by atoms with Crippen LogP contribution in [0.1, 0.15) is 29.4 Å². The Hall–Kier alpha value is -3.96. The van der Waals surface area contributed by atoms with E-state index in [1.54, 1.807) is 37.1 Å². The minimum absolute atomic E-state index is 0.0232. The molecule has 10 nitrogen and oxygen atoms in total. The predicted molar refractivity (Wildman–Crippen MR) is 130 cm³/mol. The SMILES string of the molecule is COc1nc2ccc(C)cc2cc1/C=N/N=C(\C)c1nnn(-c2ccc(S(N)(=O)=O)cc2)c1C. The molecule has 2 heterocycles. The summed E-state index contributed by atoms with van der Waals surface area (Å²) in [6.45, 7) is 5.64. The van der Waals surface area contributed by atoms with Crippen LogP contribution in [0, 0.1) is 13.8 Å². The van der Waals surface area contributed by atoms with Crippen molar-refractivity contribution in [3.63, 3.8) is 0 Å². The molecule has 2 aromatic carbocycles. The number of methoxy groups -OCH3 is 1. The average molecular weight is 478 g/mol. The van der Waals surface area contributed by atoms with Gasteiger partial charge in [-0.05, 0) is 63.2 Å². The van der Waals surface area contributed by atoms with Crippen molar-refractivity contribution in [2.45, 2.75) is 25.7 Å². The summed E-state index contributed by atoms with van der Waals surface area (Å²) in [6, 6.07) is 14.0. The number of benzene rings is 2. The van der Waals surface area contributed by atoms with Crippen molar-refractivity contribution >= 4 is 32.9 Å². The molecule has 0 aliphatic carbocycles. The fourth-order valence-electron chi connectivity index (χ4n) is 3.46. The second-order valence-corrected chi connectivity index (χ2v) is 9.25. The van der Waals surface area contributed by atoms with Crippen LogP contribution in [-0.2, 0) is 10.0 Å². The van der Waals surface area contributed by atoms with Crippen LogP contribution in [0.4, 0.5) is 0 Å². The summed E-state index contributed by atoms with van der Waals surface area (Å²) >= 11 is 0. The van der Waals surface area contributed by atoms with E-state index >= 15 is 0 Å². The van der Waals surface area contributed by atoms with E-state index in [1.165, 1.54) is 12.1 Å². The van der Waals surface area contributed by atoms with Gasteiger partial charge in [-0.1, -0.05) is 16.8 Å². The van der Waals surface area contributed by atoms with Gasteiger partial charge in [0.2, 0.25) is 15.9 Å². The first kappa shape index (κ1) is 23.2. The van der Waals surface area contributed by atoms with E-state index in [9.17, 15) is 8.42 Å². The molecule has 0 aliphatic rings. The van der Waals surface area contributed by atoms with Gasteiger partial charge in [-0.2, -0.15) is 10.2 Å². The Morgan fingerprint density at radius 2 is 1.85 bits per heavy atom. The largest absolute Gasteiger partial charge is 0.481 e. The molecule has 0 atom stereocenters. The highest BCUT2D eigenvalue weighted by molar-refractivity contribution is 7.89. The molecule has 0 bridgehead atoms. The third kappa shape index (κ3) is 4.70. The third-order valence-electron chi connectivity index (χ3n) is 5.21. The maximum atomic E-state index is 11.5. The summed E-state index contributed by atoms with van der Waals surface area (Å²) in [5, 5.41) is 23.0. The molecular weight excluding hydrogens is 454 g/mol. The Labute approximate surface area is 196 Å².